The monoisotopic (exact) mass is 267 g/mol. The van der Waals surface area contributed by atoms with E-state index < -0.39 is 31.1 Å². The van der Waals surface area contributed by atoms with Crippen molar-refractivity contribution in [2.75, 3.05) is 12.3 Å². The van der Waals surface area contributed by atoms with E-state index in [9.17, 15) is 10.2 Å². The maximum absolute atomic E-state index is 9.95. The highest BCUT2D eigenvalue weighted by atomic mass is 16.6. The Bertz CT molecular complexity index is 603. The number of ether oxygens (including phenoxy) is 1. The van der Waals surface area contributed by atoms with Gasteiger partial charge in [-0.3, -0.25) is 4.57 Å². The molecule has 0 amide bonds. The summed E-state index contributed by atoms with van der Waals surface area (Å²) >= 11 is 0. The first kappa shape index (κ1) is 12.2. The molecule has 0 spiro atoms. The number of nitrogens with two attached hydrogens (primary N) is 1. The van der Waals surface area contributed by atoms with Gasteiger partial charge in [0.05, 0.1) is 12.9 Å². The first-order chi connectivity index (χ1) is 9.13. The molecule has 1 fully saturated rings. The SMILES string of the molecule is Nc1ncnc2c1ncn2[C@@H]1OC(CO)[C@@H](O)[C@@H]1O. The van der Waals surface area contributed by atoms with E-state index in [-0.39, 0.29) is 5.82 Å². The van der Waals surface area contributed by atoms with Gasteiger partial charge in [0.1, 0.15) is 30.2 Å². The van der Waals surface area contributed by atoms with Crippen molar-refractivity contribution in [3.8, 4) is 0 Å². The zero-order valence-electron chi connectivity index (χ0n) is 9.79. The minimum atomic E-state index is -1.19. The van der Waals surface area contributed by atoms with Gasteiger partial charge in [0, 0.05) is 0 Å². The van der Waals surface area contributed by atoms with Gasteiger partial charge >= 0.3 is 0 Å². The summed E-state index contributed by atoms with van der Waals surface area (Å²) in [6.45, 7) is -0.390. The summed E-state index contributed by atoms with van der Waals surface area (Å²) in [5, 5.41) is 28.7. The second-order valence-corrected chi connectivity index (χ2v) is 4.31. The molecule has 0 aliphatic carbocycles. The number of nitrogen functional groups attached to an aromatic ring is 1. The van der Waals surface area contributed by atoms with Crippen LogP contribution in [0.5, 0.6) is 0 Å². The molecule has 5 N–H and O–H groups in total. The molecule has 3 heterocycles. The minimum Gasteiger partial charge on any atom is -0.394 e. The standard InChI is InChI=1S/C10H13N5O4/c11-8-5-9(13-2-12-8)15(3-14-5)10-7(18)6(17)4(1-16)19-10/h2-4,6-7,10,16-18H,1H2,(H2,11,12,13)/t4?,6-,7+,10-/m1/s1. The fourth-order valence-corrected chi connectivity index (χ4v) is 2.17. The van der Waals surface area contributed by atoms with Gasteiger partial charge in [0.2, 0.25) is 0 Å². The number of imidazole rings is 1. The Labute approximate surface area is 107 Å². The third-order valence-electron chi connectivity index (χ3n) is 3.18. The van der Waals surface area contributed by atoms with Crippen molar-refractivity contribution >= 4 is 17.0 Å². The molecule has 0 saturated carbocycles. The van der Waals surface area contributed by atoms with E-state index in [1.807, 2.05) is 0 Å². The maximum Gasteiger partial charge on any atom is 0.167 e. The molecule has 0 bridgehead atoms. The number of hydrogen-bond donors (Lipinski definition) is 4. The third kappa shape index (κ3) is 1.75. The van der Waals surface area contributed by atoms with Crippen molar-refractivity contribution in [3.05, 3.63) is 12.7 Å². The predicted octanol–water partition coefficient (Wildman–Crippen LogP) is -1.98. The minimum absolute atomic E-state index is 0.218. The van der Waals surface area contributed by atoms with Crippen molar-refractivity contribution in [2.45, 2.75) is 24.5 Å². The summed E-state index contributed by atoms with van der Waals surface area (Å²) in [6, 6.07) is 0. The van der Waals surface area contributed by atoms with Gasteiger partial charge in [-0.15, -0.1) is 0 Å². The summed E-state index contributed by atoms with van der Waals surface area (Å²) in [6.07, 6.45) is -1.42. The number of nitrogens with zero attached hydrogens (tertiary/aromatic N) is 4. The highest BCUT2D eigenvalue weighted by Gasteiger charge is 2.43. The highest BCUT2D eigenvalue weighted by Crippen LogP contribution is 2.31. The third-order valence-corrected chi connectivity index (χ3v) is 3.18. The molecule has 102 valence electrons. The van der Waals surface area contributed by atoms with Gasteiger partial charge < -0.3 is 25.8 Å². The average Bonchev–Trinajstić information content (AvgIpc) is 2.94. The van der Waals surface area contributed by atoms with Crippen LogP contribution in [0.1, 0.15) is 6.23 Å². The van der Waals surface area contributed by atoms with Crippen LogP contribution in [0.3, 0.4) is 0 Å². The van der Waals surface area contributed by atoms with Gasteiger partial charge in [0.25, 0.3) is 0 Å². The van der Waals surface area contributed by atoms with Gasteiger partial charge in [-0.1, -0.05) is 0 Å². The fraction of sp³-hybridized carbons (Fsp3) is 0.500. The van der Waals surface area contributed by atoms with Crippen LogP contribution in [0.4, 0.5) is 5.82 Å². The van der Waals surface area contributed by atoms with Crippen LogP contribution >= 0.6 is 0 Å². The Morgan fingerprint density at radius 3 is 2.74 bits per heavy atom. The zero-order chi connectivity index (χ0) is 13.6. The van der Waals surface area contributed by atoms with E-state index in [2.05, 4.69) is 15.0 Å². The molecule has 4 atom stereocenters. The Kier molecular flexibility index (Phi) is 2.82. The number of aliphatic hydroxyl groups is 3. The fourth-order valence-electron chi connectivity index (χ4n) is 2.17. The second kappa shape index (κ2) is 4.38. The largest absolute Gasteiger partial charge is 0.394 e. The number of anilines is 1. The van der Waals surface area contributed by atoms with Crippen LogP contribution in [0.2, 0.25) is 0 Å². The van der Waals surface area contributed by atoms with Crippen LogP contribution < -0.4 is 5.73 Å². The van der Waals surface area contributed by atoms with Gasteiger partial charge in [-0.25, -0.2) is 15.0 Å². The Hall–Kier alpha value is -1.81. The zero-order valence-corrected chi connectivity index (χ0v) is 9.79. The van der Waals surface area contributed by atoms with Crippen molar-refractivity contribution in [3.63, 3.8) is 0 Å². The molecule has 0 aromatic carbocycles. The van der Waals surface area contributed by atoms with Crippen LogP contribution in [0, 0.1) is 0 Å². The van der Waals surface area contributed by atoms with Crippen LogP contribution in [0.15, 0.2) is 12.7 Å². The molecular weight excluding hydrogens is 254 g/mol. The average molecular weight is 267 g/mol. The van der Waals surface area contributed by atoms with Crippen molar-refractivity contribution < 1.29 is 20.1 Å². The Morgan fingerprint density at radius 2 is 2.05 bits per heavy atom. The van der Waals surface area contributed by atoms with E-state index in [1.165, 1.54) is 17.2 Å². The van der Waals surface area contributed by atoms with Crippen molar-refractivity contribution in [2.24, 2.45) is 0 Å². The molecule has 9 heteroatoms. The number of rotatable bonds is 2. The van der Waals surface area contributed by atoms with E-state index in [4.69, 9.17) is 15.6 Å². The Morgan fingerprint density at radius 1 is 1.26 bits per heavy atom. The molecule has 3 rings (SSSR count). The first-order valence-corrected chi connectivity index (χ1v) is 5.69. The summed E-state index contributed by atoms with van der Waals surface area (Å²) in [5.74, 6) is 0.218. The van der Waals surface area contributed by atoms with Gasteiger partial charge in [-0.2, -0.15) is 0 Å². The van der Waals surface area contributed by atoms with E-state index in [0.29, 0.717) is 11.2 Å². The molecule has 9 nitrogen and oxygen atoms in total. The number of fused-ring (bicyclic) bond motifs is 1. The quantitative estimate of drug-likeness (QED) is 0.491. The lowest BCUT2D eigenvalue weighted by Crippen LogP contribution is -2.33. The topological polar surface area (TPSA) is 140 Å². The van der Waals surface area contributed by atoms with Crippen molar-refractivity contribution in [1.29, 1.82) is 0 Å². The summed E-state index contributed by atoms with van der Waals surface area (Å²) in [5.41, 5.74) is 6.44. The first-order valence-electron chi connectivity index (χ1n) is 5.69. The van der Waals surface area contributed by atoms with Gasteiger partial charge in [0.15, 0.2) is 17.7 Å². The molecule has 1 unspecified atom stereocenters. The molecule has 19 heavy (non-hydrogen) atoms. The van der Waals surface area contributed by atoms with Crippen LogP contribution in [-0.4, -0.2) is 59.8 Å². The number of aliphatic hydroxyl groups excluding tert-OH is 3. The van der Waals surface area contributed by atoms with E-state index in [0.717, 1.165) is 0 Å². The lowest BCUT2D eigenvalue weighted by Gasteiger charge is -2.16. The molecule has 0 radical (unpaired) electrons. The van der Waals surface area contributed by atoms with E-state index >= 15 is 0 Å². The summed E-state index contributed by atoms with van der Waals surface area (Å²) in [4.78, 5) is 11.9. The second-order valence-electron chi connectivity index (χ2n) is 4.31. The van der Waals surface area contributed by atoms with Gasteiger partial charge in [-0.05, 0) is 0 Å². The lowest BCUT2D eigenvalue weighted by atomic mass is 10.1. The van der Waals surface area contributed by atoms with Crippen LogP contribution in [0.25, 0.3) is 11.2 Å². The van der Waals surface area contributed by atoms with Crippen LogP contribution in [-0.2, 0) is 4.74 Å². The normalized spacial score (nSPS) is 31.1. The maximum atomic E-state index is 9.95. The smallest absolute Gasteiger partial charge is 0.167 e. The molecular formula is C10H13N5O4. The van der Waals surface area contributed by atoms with E-state index in [1.54, 1.807) is 0 Å². The summed E-state index contributed by atoms with van der Waals surface area (Å²) < 4.78 is 6.85. The molecule has 2 aromatic heterocycles. The number of aromatic nitrogens is 4. The molecule has 1 aliphatic rings. The molecule has 1 saturated heterocycles. The lowest BCUT2D eigenvalue weighted by molar-refractivity contribution is -0.0511. The molecule has 2 aromatic rings. The number of hydrogen-bond acceptors (Lipinski definition) is 8. The predicted molar refractivity (Wildman–Crippen MR) is 62.7 cm³/mol. The summed E-state index contributed by atoms with van der Waals surface area (Å²) in [7, 11) is 0. The Balaban J connectivity index is 2.04. The highest BCUT2D eigenvalue weighted by molar-refractivity contribution is 5.81. The molecule has 1 aliphatic heterocycles. The van der Waals surface area contributed by atoms with Crippen molar-refractivity contribution in [1.82, 2.24) is 19.5 Å².